The largest absolute Gasteiger partial charge is 0.406 e. The zero-order valence-electron chi connectivity index (χ0n) is 12.1. The highest BCUT2D eigenvalue weighted by molar-refractivity contribution is 5.84. The van der Waals surface area contributed by atoms with Gasteiger partial charge in [-0.25, -0.2) is 0 Å². The summed E-state index contributed by atoms with van der Waals surface area (Å²) < 4.78 is 37.3. The molecule has 3 nitrogen and oxygen atoms in total. The summed E-state index contributed by atoms with van der Waals surface area (Å²) in [5.41, 5.74) is 1.04. The molecule has 0 saturated carbocycles. The average molecular weight is 300 g/mol. The van der Waals surface area contributed by atoms with Crippen LogP contribution in [-0.2, 0) is 4.79 Å². The van der Waals surface area contributed by atoms with Crippen molar-refractivity contribution in [2.45, 2.75) is 31.6 Å². The topological polar surface area (TPSA) is 23.6 Å². The molecule has 1 aliphatic rings. The van der Waals surface area contributed by atoms with E-state index >= 15 is 0 Å². The van der Waals surface area contributed by atoms with Gasteiger partial charge in [-0.05, 0) is 26.0 Å². The van der Waals surface area contributed by atoms with E-state index in [0.29, 0.717) is 6.42 Å². The van der Waals surface area contributed by atoms with Gasteiger partial charge in [-0.15, -0.1) is 0 Å². The van der Waals surface area contributed by atoms with E-state index < -0.39 is 24.7 Å². The fraction of sp³-hybridized carbons (Fsp3) is 0.533. The first kappa shape index (κ1) is 15.8. The average Bonchev–Trinajstić information content (AvgIpc) is 2.78. The zero-order valence-corrected chi connectivity index (χ0v) is 12.1. The maximum atomic E-state index is 12.4. The Bertz CT molecular complexity index is 489. The van der Waals surface area contributed by atoms with Gasteiger partial charge in [-0.2, -0.15) is 13.2 Å². The number of carbonyl (C=O) groups is 1. The molecule has 116 valence electrons. The second kappa shape index (κ2) is 6.05. The van der Waals surface area contributed by atoms with Gasteiger partial charge in [-0.1, -0.05) is 30.3 Å². The molecule has 0 bridgehead atoms. The monoisotopic (exact) mass is 300 g/mol. The molecule has 21 heavy (non-hydrogen) atoms. The normalized spacial score (nSPS) is 21.1. The van der Waals surface area contributed by atoms with Crippen molar-refractivity contribution in [3.63, 3.8) is 0 Å². The van der Waals surface area contributed by atoms with Gasteiger partial charge in [0.25, 0.3) is 0 Å². The minimum atomic E-state index is -4.34. The Morgan fingerprint density at radius 2 is 1.95 bits per heavy atom. The van der Waals surface area contributed by atoms with Gasteiger partial charge in [0.2, 0.25) is 5.91 Å². The molecule has 0 aromatic heterocycles. The van der Waals surface area contributed by atoms with Crippen molar-refractivity contribution in [3.8, 4) is 0 Å². The van der Waals surface area contributed by atoms with Crippen LogP contribution in [0.1, 0.15) is 24.9 Å². The Morgan fingerprint density at radius 1 is 1.33 bits per heavy atom. The third kappa shape index (κ3) is 3.75. The molecule has 2 rings (SSSR count). The van der Waals surface area contributed by atoms with Crippen LogP contribution in [0.2, 0.25) is 0 Å². The molecule has 1 aromatic rings. The highest BCUT2D eigenvalue weighted by Crippen LogP contribution is 2.27. The van der Waals surface area contributed by atoms with Crippen molar-refractivity contribution < 1.29 is 18.0 Å². The van der Waals surface area contributed by atoms with Crippen molar-refractivity contribution >= 4 is 5.91 Å². The fourth-order valence-corrected chi connectivity index (χ4v) is 2.71. The summed E-state index contributed by atoms with van der Waals surface area (Å²) >= 11 is 0. The lowest BCUT2D eigenvalue weighted by Gasteiger charge is -2.30. The molecular weight excluding hydrogens is 281 g/mol. The number of hydrogen-bond donors (Lipinski definition) is 0. The number of rotatable bonds is 4. The second-order valence-electron chi connectivity index (χ2n) is 5.43. The zero-order chi connectivity index (χ0) is 15.6. The molecule has 0 unspecified atom stereocenters. The number of hydrogen-bond acceptors (Lipinski definition) is 2. The molecule has 1 amide bonds. The molecule has 0 radical (unpaired) electrons. The van der Waals surface area contributed by atoms with Gasteiger partial charge in [0, 0.05) is 12.6 Å². The summed E-state index contributed by atoms with van der Waals surface area (Å²) in [5.74, 6) is -0.433. The van der Waals surface area contributed by atoms with Crippen molar-refractivity contribution in [3.05, 3.63) is 35.9 Å². The molecule has 1 aliphatic heterocycles. The number of halogens is 3. The fourth-order valence-electron chi connectivity index (χ4n) is 2.71. The Kier molecular flexibility index (Phi) is 4.56. The van der Waals surface area contributed by atoms with Crippen LogP contribution in [0.25, 0.3) is 0 Å². The van der Waals surface area contributed by atoms with E-state index in [1.807, 2.05) is 42.2 Å². The number of alkyl halides is 3. The third-order valence-electron chi connectivity index (χ3n) is 4.02. The molecule has 6 heteroatoms. The van der Waals surface area contributed by atoms with Gasteiger partial charge in [0.15, 0.2) is 0 Å². The van der Waals surface area contributed by atoms with E-state index in [1.165, 1.54) is 0 Å². The van der Waals surface area contributed by atoms with E-state index in [-0.39, 0.29) is 12.6 Å². The molecule has 1 aromatic carbocycles. The number of likely N-dealkylation sites (N-methyl/N-ethyl adjacent to an activating group) is 1. The highest BCUT2D eigenvalue weighted by Gasteiger charge is 2.41. The van der Waals surface area contributed by atoms with Crippen LogP contribution in [0.3, 0.4) is 0 Å². The van der Waals surface area contributed by atoms with Crippen molar-refractivity contribution in [1.82, 2.24) is 9.80 Å². The Labute approximate surface area is 122 Å². The first-order valence-corrected chi connectivity index (χ1v) is 6.92. The van der Waals surface area contributed by atoms with Gasteiger partial charge in [0.05, 0.1) is 6.04 Å². The molecule has 0 spiro atoms. The Hall–Kier alpha value is -1.56. The van der Waals surface area contributed by atoms with Gasteiger partial charge < -0.3 is 4.90 Å². The molecule has 1 heterocycles. The molecule has 0 aliphatic carbocycles. The van der Waals surface area contributed by atoms with E-state index in [4.69, 9.17) is 0 Å². The van der Waals surface area contributed by atoms with Crippen LogP contribution >= 0.6 is 0 Å². The number of benzene rings is 1. The van der Waals surface area contributed by atoms with Gasteiger partial charge in [0.1, 0.15) is 6.54 Å². The standard InChI is InChI=1S/C15H19F3N2O/c1-11(12-6-4-3-5-7-12)19(2)13-8-9-20(14(13)21)10-15(16,17)18/h3-7,11,13H,8-10H2,1-2H3/t11-,13+/m1/s1. The molecule has 1 fully saturated rings. The van der Waals surface area contributed by atoms with E-state index in [1.54, 1.807) is 7.05 Å². The first-order valence-electron chi connectivity index (χ1n) is 6.92. The summed E-state index contributed by atoms with van der Waals surface area (Å²) in [4.78, 5) is 14.9. The van der Waals surface area contributed by atoms with Crippen LogP contribution in [0.15, 0.2) is 30.3 Å². The van der Waals surface area contributed by atoms with E-state index in [2.05, 4.69) is 0 Å². The minimum absolute atomic E-state index is 0.0222. The van der Waals surface area contributed by atoms with Crippen molar-refractivity contribution in [2.24, 2.45) is 0 Å². The summed E-state index contributed by atoms with van der Waals surface area (Å²) in [7, 11) is 1.79. The smallest absolute Gasteiger partial charge is 0.332 e. The quantitative estimate of drug-likeness (QED) is 0.853. The lowest BCUT2D eigenvalue weighted by atomic mass is 10.1. The minimum Gasteiger partial charge on any atom is -0.332 e. The first-order chi connectivity index (χ1) is 9.79. The molecule has 0 N–H and O–H groups in total. The Morgan fingerprint density at radius 3 is 2.52 bits per heavy atom. The summed E-state index contributed by atoms with van der Waals surface area (Å²) in [6.45, 7) is 0.958. The van der Waals surface area contributed by atoms with E-state index in [9.17, 15) is 18.0 Å². The summed E-state index contributed by atoms with van der Waals surface area (Å²) in [6.07, 6.45) is -3.91. The third-order valence-corrected chi connectivity index (χ3v) is 4.02. The SMILES string of the molecule is C[C@H](c1ccccc1)N(C)[C@H]1CCN(CC(F)(F)F)C1=O. The number of carbonyl (C=O) groups excluding carboxylic acids is 1. The summed E-state index contributed by atoms with van der Waals surface area (Å²) in [6, 6.07) is 9.12. The van der Waals surface area contributed by atoms with Crippen LogP contribution < -0.4 is 0 Å². The van der Waals surface area contributed by atoms with Crippen LogP contribution in [0.4, 0.5) is 13.2 Å². The van der Waals surface area contributed by atoms with Crippen molar-refractivity contribution in [1.29, 1.82) is 0 Å². The number of nitrogens with zero attached hydrogens (tertiary/aromatic N) is 2. The lowest BCUT2D eigenvalue weighted by molar-refractivity contribution is -0.159. The van der Waals surface area contributed by atoms with Crippen molar-refractivity contribution in [2.75, 3.05) is 20.1 Å². The van der Waals surface area contributed by atoms with Crippen LogP contribution in [0.5, 0.6) is 0 Å². The number of likely N-dealkylation sites (tertiary alicyclic amines) is 1. The van der Waals surface area contributed by atoms with Gasteiger partial charge >= 0.3 is 6.18 Å². The predicted molar refractivity (Wildman–Crippen MR) is 73.7 cm³/mol. The predicted octanol–water partition coefficient (Wildman–Crippen LogP) is 2.84. The molecular formula is C15H19F3N2O. The second-order valence-corrected chi connectivity index (χ2v) is 5.43. The van der Waals surface area contributed by atoms with Crippen LogP contribution in [0, 0.1) is 0 Å². The lowest BCUT2D eigenvalue weighted by Crippen LogP contribution is -2.43. The number of amides is 1. The van der Waals surface area contributed by atoms with Gasteiger partial charge in [-0.3, -0.25) is 9.69 Å². The van der Waals surface area contributed by atoms with Crippen LogP contribution in [-0.4, -0.2) is 48.1 Å². The maximum Gasteiger partial charge on any atom is 0.406 e. The summed E-state index contributed by atoms with van der Waals surface area (Å²) in [5, 5.41) is 0. The Balaban J connectivity index is 2.04. The van der Waals surface area contributed by atoms with E-state index in [0.717, 1.165) is 10.5 Å². The molecule has 1 saturated heterocycles. The molecule has 2 atom stereocenters. The maximum absolute atomic E-state index is 12.4. The highest BCUT2D eigenvalue weighted by atomic mass is 19.4.